The summed E-state index contributed by atoms with van der Waals surface area (Å²) in [6.07, 6.45) is 0. The van der Waals surface area contributed by atoms with Crippen LogP contribution in [0.3, 0.4) is 0 Å². The number of fused-ring (bicyclic) bond motifs is 6. The summed E-state index contributed by atoms with van der Waals surface area (Å²) in [7, 11) is 0. The summed E-state index contributed by atoms with van der Waals surface area (Å²) in [4.78, 5) is 15.4. The number of nitrogens with zero attached hydrogens (tertiary/aromatic N) is 3. The van der Waals surface area contributed by atoms with Crippen molar-refractivity contribution in [3.05, 3.63) is 164 Å². The number of aromatic nitrogens is 3. The maximum atomic E-state index is 6.24. The third-order valence-electron chi connectivity index (χ3n) is 9.48. The van der Waals surface area contributed by atoms with Gasteiger partial charge in [-0.2, -0.15) is 0 Å². The Hall–Kier alpha value is -6.65. The van der Waals surface area contributed by atoms with E-state index in [9.17, 15) is 0 Å². The maximum absolute atomic E-state index is 6.24. The molecule has 0 spiro atoms. The smallest absolute Gasteiger partial charge is 0.164 e. The quantitative estimate of drug-likeness (QED) is 0.195. The van der Waals surface area contributed by atoms with Gasteiger partial charge >= 0.3 is 0 Å². The van der Waals surface area contributed by atoms with Crippen molar-refractivity contribution in [3.8, 4) is 45.3 Å². The van der Waals surface area contributed by atoms with Crippen LogP contribution in [0, 0.1) is 0 Å². The standard InChI is InChI=1S/C45H27N3O/c1-2-11-29(12-3-1)35-15-8-17-37-36(35)16-9-18-39(37)45-47-43(32-22-20-28-10-4-5-13-30(28)24-32)46-44(48-45)33-23-21-31-26-40-38-14-6-7-19-41(38)49-42(40)27-34(31)25-33/h1-27H. The molecule has 0 saturated carbocycles. The predicted molar refractivity (Wildman–Crippen MR) is 201 cm³/mol. The summed E-state index contributed by atoms with van der Waals surface area (Å²) < 4.78 is 6.24. The van der Waals surface area contributed by atoms with Crippen LogP contribution in [0.1, 0.15) is 0 Å². The van der Waals surface area contributed by atoms with Gasteiger partial charge in [-0.3, -0.25) is 0 Å². The van der Waals surface area contributed by atoms with E-state index in [-0.39, 0.29) is 0 Å². The molecule has 0 N–H and O–H groups in total. The monoisotopic (exact) mass is 625 g/mol. The molecular formula is C45H27N3O. The molecule has 4 nitrogen and oxygen atoms in total. The molecule has 8 aromatic carbocycles. The number of rotatable bonds is 4. The molecule has 2 heterocycles. The highest BCUT2D eigenvalue weighted by molar-refractivity contribution is 6.10. The van der Waals surface area contributed by atoms with Gasteiger partial charge in [0.05, 0.1) is 0 Å². The molecular weight excluding hydrogens is 599 g/mol. The van der Waals surface area contributed by atoms with Crippen molar-refractivity contribution in [2.24, 2.45) is 0 Å². The Labute approximate surface area is 282 Å². The molecule has 10 rings (SSSR count). The van der Waals surface area contributed by atoms with Gasteiger partial charge in [0, 0.05) is 27.5 Å². The molecule has 0 atom stereocenters. The number of hydrogen-bond donors (Lipinski definition) is 0. The zero-order valence-electron chi connectivity index (χ0n) is 26.3. The van der Waals surface area contributed by atoms with E-state index in [2.05, 4.69) is 146 Å². The second-order valence-electron chi connectivity index (χ2n) is 12.4. The van der Waals surface area contributed by atoms with Gasteiger partial charge < -0.3 is 4.42 Å². The number of benzene rings is 8. The molecule has 0 aliphatic rings. The van der Waals surface area contributed by atoms with Crippen LogP contribution < -0.4 is 0 Å². The fraction of sp³-hybridized carbons (Fsp3) is 0. The summed E-state index contributed by atoms with van der Waals surface area (Å²) >= 11 is 0. The van der Waals surface area contributed by atoms with Crippen molar-refractivity contribution in [2.75, 3.05) is 0 Å². The second-order valence-corrected chi connectivity index (χ2v) is 12.4. The van der Waals surface area contributed by atoms with Gasteiger partial charge in [-0.15, -0.1) is 0 Å². The second kappa shape index (κ2) is 11.0. The number of para-hydroxylation sites is 1. The van der Waals surface area contributed by atoms with Gasteiger partial charge in [0.25, 0.3) is 0 Å². The summed E-state index contributed by atoms with van der Waals surface area (Å²) in [6, 6.07) is 57.0. The van der Waals surface area contributed by atoms with Gasteiger partial charge in [-0.25, -0.2) is 15.0 Å². The molecule has 0 fully saturated rings. The van der Waals surface area contributed by atoms with E-state index in [0.717, 1.165) is 65.6 Å². The van der Waals surface area contributed by atoms with Crippen LogP contribution in [0.25, 0.3) is 99.5 Å². The minimum atomic E-state index is 0.621. The van der Waals surface area contributed by atoms with Crippen molar-refractivity contribution in [2.45, 2.75) is 0 Å². The first kappa shape index (κ1) is 27.5. The molecule has 10 aromatic rings. The van der Waals surface area contributed by atoms with E-state index >= 15 is 0 Å². The van der Waals surface area contributed by atoms with Crippen LogP contribution in [0.4, 0.5) is 0 Å². The van der Waals surface area contributed by atoms with Crippen molar-refractivity contribution >= 4 is 54.3 Å². The topological polar surface area (TPSA) is 51.8 Å². The Kier molecular flexibility index (Phi) is 6.15. The summed E-state index contributed by atoms with van der Waals surface area (Å²) in [6.45, 7) is 0. The van der Waals surface area contributed by atoms with Crippen LogP contribution in [-0.4, -0.2) is 15.0 Å². The zero-order chi connectivity index (χ0) is 32.3. The first-order valence-electron chi connectivity index (χ1n) is 16.4. The van der Waals surface area contributed by atoms with Crippen LogP contribution in [0.15, 0.2) is 168 Å². The maximum Gasteiger partial charge on any atom is 0.164 e. The molecule has 4 heteroatoms. The van der Waals surface area contributed by atoms with E-state index < -0.39 is 0 Å². The average molecular weight is 626 g/mol. The average Bonchev–Trinajstić information content (AvgIpc) is 3.53. The first-order valence-corrected chi connectivity index (χ1v) is 16.4. The Morgan fingerprint density at radius 2 is 0.898 bits per heavy atom. The molecule has 0 unspecified atom stereocenters. The fourth-order valence-corrected chi connectivity index (χ4v) is 7.06. The minimum absolute atomic E-state index is 0.621. The molecule has 228 valence electrons. The van der Waals surface area contributed by atoms with Crippen molar-refractivity contribution in [1.29, 1.82) is 0 Å². The molecule has 0 radical (unpaired) electrons. The highest BCUT2D eigenvalue weighted by Crippen LogP contribution is 2.37. The predicted octanol–water partition coefficient (Wildman–Crippen LogP) is 11.9. The van der Waals surface area contributed by atoms with Crippen LogP contribution in [0.2, 0.25) is 0 Å². The Bertz CT molecular complexity index is 2890. The van der Waals surface area contributed by atoms with Crippen LogP contribution in [0.5, 0.6) is 0 Å². The van der Waals surface area contributed by atoms with Crippen LogP contribution in [-0.2, 0) is 0 Å². The summed E-state index contributed by atoms with van der Waals surface area (Å²) in [5.74, 6) is 1.89. The van der Waals surface area contributed by atoms with Crippen LogP contribution >= 0.6 is 0 Å². The molecule has 0 amide bonds. The molecule has 0 bridgehead atoms. The normalized spacial score (nSPS) is 11.7. The lowest BCUT2D eigenvalue weighted by Gasteiger charge is -2.13. The molecule has 0 aliphatic carbocycles. The Balaban J connectivity index is 1.19. The lowest BCUT2D eigenvalue weighted by atomic mass is 9.95. The largest absolute Gasteiger partial charge is 0.456 e. The van der Waals surface area contributed by atoms with E-state index in [1.54, 1.807) is 0 Å². The highest BCUT2D eigenvalue weighted by Gasteiger charge is 2.17. The van der Waals surface area contributed by atoms with Crippen molar-refractivity contribution in [3.63, 3.8) is 0 Å². The lowest BCUT2D eigenvalue weighted by Crippen LogP contribution is -2.01. The molecule has 0 aliphatic heterocycles. The number of furan rings is 1. The Morgan fingerprint density at radius 1 is 0.306 bits per heavy atom. The molecule has 2 aromatic heterocycles. The SMILES string of the molecule is c1ccc(-c2cccc3c(-c4nc(-c5ccc6ccccc6c5)nc(-c5ccc6cc7c(cc6c5)oc5ccccc57)n4)cccc23)cc1. The van der Waals surface area contributed by atoms with E-state index in [0.29, 0.717) is 17.5 Å². The Morgan fingerprint density at radius 3 is 1.71 bits per heavy atom. The van der Waals surface area contributed by atoms with Gasteiger partial charge in [-0.05, 0) is 73.8 Å². The highest BCUT2D eigenvalue weighted by atomic mass is 16.3. The van der Waals surface area contributed by atoms with E-state index in [1.165, 1.54) is 16.5 Å². The van der Waals surface area contributed by atoms with Gasteiger partial charge in [0.2, 0.25) is 0 Å². The van der Waals surface area contributed by atoms with Gasteiger partial charge in [0.15, 0.2) is 17.5 Å². The van der Waals surface area contributed by atoms with Crippen molar-refractivity contribution < 1.29 is 4.42 Å². The summed E-state index contributed by atoms with van der Waals surface area (Å²) in [5.41, 5.74) is 6.93. The fourth-order valence-electron chi connectivity index (χ4n) is 7.06. The number of hydrogen-bond acceptors (Lipinski definition) is 4. The van der Waals surface area contributed by atoms with Crippen molar-refractivity contribution in [1.82, 2.24) is 15.0 Å². The van der Waals surface area contributed by atoms with E-state index in [1.807, 2.05) is 18.2 Å². The molecule has 49 heavy (non-hydrogen) atoms. The molecule has 0 saturated heterocycles. The van der Waals surface area contributed by atoms with E-state index in [4.69, 9.17) is 19.4 Å². The lowest BCUT2D eigenvalue weighted by molar-refractivity contribution is 0.669. The van der Waals surface area contributed by atoms with Gasteiger partial charge in [0.1, 0.15) is 11.2 Å². The third-order valence-corrected chi connectivity index (χ3v) is 9.48. The zero-order valence-corrected chi connectivity index (χ0v) is 26.3. The minimum Gasteiger partial charge on any atom is -0.456 e. The third kappa shape index (κ3) is 4.65. The first-order chi connectivity index (χ1) is 24.2. The summed E-state index contributed by atoms with van der Waals surface area (Å²) in [5, 5.41) is 9.00. The van der Waals surface area contributed by atoms with Gasteiger partial charge in [-0.1, -0.05) is 133 Å².